The normalized spacial score (nSPS) is 19.8. The van der Waals surface area contributed by atoms with Crippen molar-refractivity contribution in [2.24, 2.45) is 0 Å². The number of fused-ring (bicyclic) bond motifs is 1. The Balaban J connectivity index is 1.77. The zero-order chi connectivity index (χ0) is 16.2. The smallest absolute Gasteiger partial charge is 0.122 e. The van der Waals surface area contributed by atoms with Crippen molar-refractivity contribution >= 4 is 0 Å². The Labute approximate surface area is 143 Å². The third-order valence-electron chi connectivity index (χ3n) is 5.02. The van der Waals surface area contributed by atoms with Gasteiger partial charge in [-0.15, -0.1) is 0 Å². The maximum atomic E-state index is 6.07. The van der Waals surface area contributed by atoms with Crippen LogP contribution in [0.3, 0.4) is 0 Å². The molecule has 3 aromatic carbocycles. The number of para-hydroxylation sites is 1. The lowest BCUT2D eigenvalue weighted by Crippen LogP contribution is -2.14. The molecule has 0 N–H and O–H groups in total. The van der Waals surface area contributed by atoms with Gasteiger partial charge < -0.3 is 4.74 Å². The van der Waals surface area contributed by atoms with Crippen molar-refractivity contribution in [3.63, 3.8) is 0 Å². The predicted molar refractivity (Wildman–Crippen MR) is 98.6 cm³/mol. The van der Waals surface area contributed by atoms with Crippen LogP contribution in [-0.2, 0) is 6.42 Å². The summed E-state index contributed by atoms with van der Waals surface area (Å²) in [6.45, 7) is 0.780. The van der Waals surface area contributed by atoms with Crippen LogP contribution in [0, 0.1) is 0 Å². The van der Waals surface area contributed by atoms with Crippen molar-refractivity contribution in [2.45, 2.75) is 24.7 Å². The summed E-state index contributed by atoms with van der Waals surface area (Å²) in [7, 11) is 0. The summed E-state index contributed by atoms with van der Waals surface area (Å²) in [5.41, 5.74) is 4.14. The molecular formula is C23H22O. The summed E-state index contributed by atoms with van der Waals surface area (Å²) in [4.78, 5) is 0. The second-order valence-corrected chi connectivity index (χ2v) is 6.49. The first-order valence-electron chi connectivity index (χ1n) is 8.72. The van der Waals surface area contributed by atoms with Gasteiger partial charge in [0.05, 0.1) is 6.61 Å². The third kappa shape index (κ3) is 3.07. The average molecular weight is 314 g/mol. The van der Waals surface area contributed by atoms with Crippen LogP contribution in [0.5, 0.6) is 5.75 Å². The van der Waals surface area contributed by atoms with Crippen molar-refractivity contribution < 1.29 is 4.74 Å². The van der Waals surface area contributed by atoms with Gasteiger partial charge in [0.2, 0.25) is 0 Å². The highest BCUT2D eigenvalue weighted by atomic mass is 16.5. The summed E-state index contributed by atoms with van der Waals surface area (Å²) in [6.07, 6.45) is 2.09. The van der Waals surface area contributed by atoms with Gasteiger partial charge in [0.1, 0.15) is 5.75 Å². The fourth-order valence-corrected chi connectivity index (χ4v) is 3.85. The van der Waals surface area contributed by atoms with E-state index in [1.54, 1.807) is 0 Å². The second kappa shape index (κ2) is 6.92. The summed E-state index contributed by atoms with van der Waals surface area (Å²) in [5, 5.41) is 0. The first-order chi connectivity index (χ1) is 11.9. The molecule has 2 atom stereocenters. The van der Waals surface area contributed by atoms with E-state index in [0.717, 1.165) is 25.2 Å². The van der Waals surface area contributed by atoms with Crippen molar-refractivity contribution in [1.82, 2.24) is 0 Å². The molecule has 0 fully saturated rings. The molecule has 0 radical (unpaired) electrons. The minimum Gasteiger partial charge on any atom is -0.493 e. The van der Waals surface area contributed by atoms with Gasteiger partial charge in [-0.25, -0.2) is 0 Å². The van der Waals surface area contributed by atoms with E-state index < -0.39 is 0 Å². The Kier molecular flexibility index (Phi) is 4.33. The SMILES string of the molecule is c1ccc(CC2c3ccccc3OCCC2c2ccccc2)cc1. The van der Waals surface area contributed by atoms with Gasteiger partial charge in [-0.05, 0) is 47.4 Å². The summed E-state index contributed by atoms with van der Waals surface area (Å²) >= 11 is 0. The Morgan fingerprint density at radius 2 is 1.42 bits per heavy atom. The Hall–Kier alpha value is -2.54. The van der Waals surface area contributed by atoms with Gasteiger partial charge in [0.25, 0.3) is 0 Å². The quantitative estimate of drug-likeness (QED) is 0.613. The van der Waals surface area contributed by atoms with E-state index in [2.05, 4.69) is 84.9 Å². The predicted octanol–water partition coefficient (Wildman–Crippen LogP) is 5.58. The largest absolute Gasteiger partial charge is 0.493 e. The van der Waals surface area contributed by atoms with E-state index in [1.807, 2.05) is 0 Å². The van der Waals surface area contributed by atoms with Crippen molar-refractivity contribution in [2.75, 3.05) is 6.61 Å². The van der Waals surface area contributed by atoms with Crippen LogP contribution in [0.4, 0.5) is 0 Å². The van der Waals surface area contributed by atoms with Crippen LogP contribution < -0.4 is 4.74 Å². The standard InChI is InChI=1S/C23H22O/c1-3-9-18(10-4-1)17-22-20(19-11-5-2-6-12-19)15-16-24-23-14-8-7-13-21(22)23/h1-14,20,22H,15-17H2. The Bertz CT molecular complexity index is 779. The van der Waals surface area contributed by atoms with E-state index in [4.69, 9.17) is 4.74 Å². The van der Waals surface area contributed by atoms with Crippen LogP contribution in [0.2, 0.25) is 0 Å². The Morgan fingerprint density at radius 1 is 0.750 bits per heavy atom. The summed E-state index contributed by atoms with van der Waals surface area (Å²) in [6, 6.07) is 30.3. The van der Waals surface area contributed by atoms with Crippen LogP contribution in [0.1, 0.15) is 34.9 Å². The van der Waals surface area contributed by atoms with E-state index in [9.17, 15) is 0 Å². The van der Waals surface area contributed by atoms with Gasteiger partial charge in [-0.1, -0.05) is 78.9 Å². The van der Waals surface area contributed by atoms with E-state index in [-0.39, 0.29) is 0 Å². The number of ether oxygens (including phenoxy) is 1. The average Bonchev–Trinajstić information content (AvgIpc) is 2.83. The zero-order valence-electron chi connectivity index (χ0n) is 13.8. The molecule has 1 heteroatoms. The second-order valence-electron chi connectivity index (χ2n) is 6.49. The topological polar surface area (TPSA) is 9.23 Å². The van der Waals surface area contributed by atoms with E-state index in [0.29, 0.717) is 11.8 Å². The van der Waals surface area contributed by atoms with Gasteiger partial charge in [-0.2, -0.15) is 0 Å². The fourth-order valence-electron chi connectivity index (χ4n) is 3.85. The first kappa shape index (κ1) is 15.0. The minimum absolute atomic E-state index is 0.438. The molecule has 1 heterocycles. The molecule has 2 unspecified atom stereocenters. The van der Waals surface area contributed by atoms with Crippen LogP contribution >= 0.6 is 0 Å². The molecule has 1 nitrogen and oxygen atoms in total. The Morgan fingerprint density at radius 3 is 2.21 bits per heavy atom. The molecule has 0 saturated heterocycles. The number of hydrogen-bond acceptors (Lipinski definition) is 1. The molecule has 120 valence electrons. The molecular weight excluding hydrogens is 292 g/mol. The van der Waals surface area contributed by atoms with Crippen molar-refractivity contribution in [1.29, 1.82) is 0 Å². The third-order valence-corrected chi connectivity index (χ3v) is 5.02. The number of rotatable bonds is 3. The maximum Gasteiger partial charge on any atom is 0.122 e. The highest BCUT2D eigenvalue weighted by Gasteiger charge is 2.29. The summed E-state index contributed by atoms with van der Waals surface area (Å²) in [5.74, 6) is 1.97. The lowest BCUT2D eigenvalue weighted by Gasteiger charge is -2.26. The lowest BCUT2D eigenvalue weighted by atomic mass is 9.76. The van der Waals surface area contributed by atoms with Crippen molar-refractivity contribution in [3.8, 4) is 5.75 Å². The molecule has 3 aromatic rings. The number of hydrogen-bond donors (Lipinski definition) is 0. The van der Waals surface area contributed by atoms with E-state index in [1.165, 1.54) is 16.7 Å². The first-order valence-corrected chi connectivity index (χ1v) is 8.72. The molecule has 4 rings (SSSR count). The van der Waals surface area contributed by atoms with Crippen LogP contribution in [-0.4, -0.2) is 6.61 Å². The number of benzene rings is 3. The highest BCUT2D eigenvalue weighted by Crippen LogP contribution is 2.43. The van der Waals surface area contributed by atoms with Crippen LogP contribution in [0.15, 0.2) is 84.9 Å². The molecule has 0 bridgehead atoms. The van der Waals surface area contributed by atoms with Crippen LogP contribution in [0.25, 0.3) is 0 Å². The lowest BCUT2D eigenvalue weighted by molar-refractivity contribution is 0.307. The summed E-state index contributed by atoms with van der Waals surface area (Å²) < 4.78 is 6.07. The molecule has 0 aromatic heterocycles. The molecule has 0 saturated carbocycles. The van der Waals surface area contributed by atoms with Gasteiger partial charge >= 0.3 is 0 Å². The minimum atomic E-state index is 0.438. The molecule has 0 aliphatic carbocycles. The van der Waals surface area contributed by atoms with E-state index >= 15 is 0 Å². The molecule has 0 spiro atoms. The monoisotopic (exact) mass is 314 g/mol. The zero-order valence-corrected chi connectivity index (χ0v) is 13.8. The highest BCUT2D eigenvalue weighted by molar-refractivity contribution is 5.41. The van der Waals surface area contributed by atoms with Gasteiger partial charge in [0, 0.05) is 0 Å². The molecule has 1 aliphatic heterocycles. The maximum absolute atomic E-state index is 6.07. The van der Waals surface area contributed by atoms with Gasteiger partial charge in [0.15, 0.2) is 0 Å². The molecule has 24 heavy (non-hydrogen) atoms. The fraction of sp³-hybridized carbons (Fsp3) is 0.217. The molecule has 0 amide bonds. The van der Waals surface area contributed by atoms with Gasteiger partial charge in [-0.3, -0.25) is 0 Å². The van der Waals surface area contributed by atoms with Crippen molar-refractivity contribution in [3.05, 3.63) is 102 Å². The molecule has 1 aliphatic rings.